The number of anilines is 1. The molecule has 0 spiro atoms. The molecule has 1 saturated heterocycles. The Labute approximate surface area is 203 Å². The van der Waals surface area contributed by atoms with Gasteiger partial charge in [0.25, 0.3) is 17.1 Å². The lowest BCUT2D eigenvalue weighted by Crippen LogP contribution is -2.27. The van der Waals surface area contributed by atoms with Crippen molar-refractivity contribution in [2.75, 3.05) is 11.9 Å². The van der Waals surface area contributed by atoms with Gasteiger partial charge in [0.1, 0.15) is 5.75 Å². The summed E-state index contributed by atoms with van der Waals surface area (Å²) in [4.78, 5) is 39.1. The summed E-state index contributed by atoms with van der Waals surface area (Å²) in [5.41, 5.74) is 2.15. The minimum absolute atomic E-state index is 0.190. The smallest absolute Gasteiger partial charge is 0.293 e. The Kier molecular flexibility index (Phi) is 7.26. The number of para-hydroxylation sites is 2. The van der Waals surface area contributed by atoms with Crippen molar-refractivity contribution < 1.29 is 19.1 Å². The predicted molar refractivity (Wildman–Crippen MR) is 133 cm³/mol. The number of benzene rings is 3. The van der Waals surface area contributed by atoms with Gasteiger partial charge in [-0.2, -0.15) is 0 Å². The van der Waals surface area contributed by atoms with Gasteiger partial charge >= 0.3 is 0 Å². The molecule has 0 aliphatic carbocycles. The van der Waals surface area contributed by atoms with Crippen molar-refractivity contribution >= 4 is 56.5 Å². The molecule has 0 aromatic heterocycles. The summed E-state index contributed by atoms with van der Waals surface area (Å²) in [6, 6.07) is 23.6. The molecule has 0 bridgehead atoms. The molecule has 166 valence electrons. The van der Waals surface area contributed by atoms with E-state index in [-0.39, 0.29) is 30.2 Å². The number of nitrogens with one attached hydrogen (secondary N) is 1. The van der Waals surface area contributed by atoms with Crippen molar-refractivity contribution in [3.05, 3.63) is 99.4 Å². The molecular formula is C25H19BrN2O4S. The molecule has 3 aromatic carbocycles. The molecule has 33 heavy (non-hydrogen) atoms. The average Bonchev–Trinajstić information content (AvgIpc) is 3.08. The highest BCUT2D eigenvalue weighted by Gasteiger charge is 2.35. The molecular weight excluding hydrogens is 504 g/mol. The second-order valence-corrected chi connectivity index (χ2v) is 9.04. The number of halogens is 1. The van der Waals surface area contributed by atoms with E-state index in [1.807, 2.05) is 42.5 Å². The molecule has 0 saturated carbocycles. The van der Waals surface area contributed by atoms with Gasteiger partial charge in [-0.1, -0.05) is 64.5 Å². The minimum Gasteiger partial charge on any atom is -0.483 e. The maximum absolute atomic E-state index is 12.9. The molecule has 1 heterocycles. The summed E-state index contributed by atoms with van der Waals surface area (Å²) in [6.45, 7) is 0.0118. The normalized spacial score (nSPS) is 14.6. The van der Waals surface area contributed by atoms with Crippen LogP contribution in [-0.2, 0) is 16.1 Å². The number of rotatable bonds is 7. The fourth-order valence-electron chi connectivity index (χ4n) is 3.14. The Bertz CT molecular complexity index is 1210. The first kappa shape index (κ1) is 22.8. The zero-order valence-electron chi connectivity index (χ0n) is 17.4. The number of hydrogen-bond donors (Lipinski definition) is 1. The van der Waals surface area contributed by atoms with E-state index in [2.05, 4.69) is 21.2 Å². The van der Waals surface area contributed by atoms with E-state index >= 15 is 0 Å². The fraction of sp³-hybridized carbons (Fsp3) is 0.0800. The van der Waals surface area contributed by atoms with E-state index in [1.165, 1.54) is 4.90 Å². The highest BCUT2D eigenvalue weighted by Crippen LogP contribution is 2.35. The van der Waals surface area contributed by atoms with Gasteiger partial charge < -0.3 is 10.1 Å². The molecule has 3 amide bonds. The molecule has 0 atom stereocenters. The molecule has 1 fully saturated rings. The van der Waals surface area contributed by atoms with Crippen LogP contribution in [0.5, 0.6) is 5.75 Å². The Morgan fingerprint density at radius 3 is 2.42 bits per heavy atom. The van der Waals surface area contributed by atoms with Crippen LogP contribution in [0.4, 0.5) is 10.5 Å². The van der Waals surface area contributed by atoms with Crippen LogP contribution < -0.4 is 10.1 Å². The van der Waals surface area contributed by atoms with Gasteiger partial charge in [-0.05, 0) is 53.7 Å². The average molecular weight is 523 g/mol. The topological polar surface area (TPSA) is 75.7 Å². The van der Waals surface area contributed by atoms with E-state index in [0.29, 0.717) is 21.9 Å². The second kappa shape index (κ2) is 10.5. The Hall–Kier alpha value is -3.36. The first-order chi connectivity index (χ1) is 16.0. The lowest BCUT2D eigenvalue weighted by Gasteiger charge is -2.12. The van der Waals surface area contributed by atoms with Crippen LogP contribution in [0.3, 0.4) is 0 Å². The van der Waals surface area contributed by atoms with Gasteiger partial charge in [-0.3, -0.25) is 19.3 Å². The van der Waals surface area contributed by atoms with Crippen molar-refractivity contribution in [3.8, 4) is 5.75 Å². The molecule has 1 N–H and O–H groups in total. The van der Waals surface area contributed by atoms with Gasteiger partial charge in [0, 0.05) is 15.7 Å². The highest BCUT2D eigenvalue weighted by atomic mass is 79.9. The number of carbonyl (C=O) groups excluding carboxylic acids is 3. The van der Waals surface area contributed by atoms with Crippen molar-refractivity contribution in [1.29, 1.82) is 0 Å². The number of carbonyl (C=O) groups is 3. The number of nitrogens with zero attached hydrogens (tertiary/aromatic N) is 1. The quantitative estimate of drug-likeness (QED) is 0.402. The Morgan fingerprint density at radius 2 is 1.67 bits per heavy atom. The molecule has 1 aliphatic rings. The van der Waals surface area contributed by atoms with E-state index < -0.39 is 0 Å². The highest BCUT2D eigenvalue weighted by molar-refractivity contribution is 9.10. The lowest BCUT2D eigenvalue weighted by molar-refractivity contribution is -0.123. The maximum atomic E-state index is 12.9. The van der Waals surface area contributed by atoms with Gasteiger partial charge in [0.05, 0.1) is 11.4 Å². The van der Waals surface area contributed by atoms with Gasteiger partial charge in [-0.25, -0.2) is 0 Å². The van der Waals surface area contributed by atoms with Crippen LogP contribution in [0.15, 0.2) is 88.2 Å². The molecule has 3 aromatic rings. The molecule has 6 nitrogen and oxygen atoms in total. The van der Waals surface area contributed by atoms with E-state index in [1.54, 1.807) is 42.5 Å². The third kappa shape index (κ3) is 5.91. The van der Waals surface area contributed by atoms with Crippen LogP contribution in [0.25, 0.3) is 6.08 Å². The van der Waals surface area contributed by atoms with Gasteiger partial charge in [-0.15, -0.1) is 0 Å². The number of thioether (sulfide) groups is 1. The zero-order chi connectivity index (χ0) is 23.2. The first-order valence-electron chi connectivity index (χ1n) is 10.1. The Morgan fingerprint density at radius 1 is 0.970 bits per heavy atom. The molecule has 0 unspecified atom stereocenters. The van der Waals surface area contributed by atoms with Crippen LogP contribution in [0, 0.1) is 0 Å². The number of imide groups is 1. The zero-order valence-corrected chi connectivity index (χ0v) is 19.8. The van der Waals surface area contributed by atoms with Crippen LogP contribution in [-0.4, -0.2) is 28.6 Å². The monoisotopic (exact) mass is 522 g/mol. The van der Waals surface area contributed by atoms with Crippen LogP contribution in [0.2, 0.25) is 0 Å². The van der Waals surface area contributed by atoms with E-state index in [0.717, 1.165) is 21.8 Å². The third-order valence-electron chi connectivity index (χ3n) is 4.75. The fourth-order valence-corrected chi connectivity index (χ4v) is 4.24. The summed E-state index contributed by atoms with van der Waals surface area (Å²) in [7, 11) is 0. The summed E-state index contributed by atoms with van der Waals surface area (Å²) in [5, 5.41) is 2.43. The number of ether oxygens (including phenoxy) is 1. The molecule has 4 rings (SSSR count). The first-order valence-corrected chi connectivity index (χ1v) is 11.7. The molecule has 0 radical (unpaired) electrons. The van der Waals surface area contributed by atoms with Crippen molar-refractivity contribution in [3.63, 3.8) is 0 Å². The standard InChI is InChI=1S/C25H19BrN2O4S/c26-19-12-10-17(11-13-19)15-28-24(30)22(33-25(28)31)14-18-6-4-5-9-21(18)32-16-23(29)27-20-7-2-1-3-8-20/h1-14H,15-16H2,(H,27,29)/b22-14-. The predicted octanol–water partition coefficient (Wildman–Crippen LogP) is 5.70. The SMILES string of the molecule is O=C(COc1ccccc1/C=C1\SC(=O)N(Cc2ccc(Br)cc2)C1=O)Nc1ccccc1. The van der Waals surface area contributed by atoms with E-state index in [9.17, 15) is 14.4 Å². The molecule has 8 heteroatoms. The van der Waals surface area contributed by atoms with Crippen molar-refractivity contribution in [2.24, 2.45) is 0 Å². The second-order valence-electron chi connectivity index (χ2n) is 7.14. The summed E-state index contributed by atoms with van der Waals surface area (Å²) >= 11 is 4.26. The summed E-state index contributed by atoms with van der Waals surface area (Å²) in [6.07, 6.45) is 1.62. The van der Waals surface area contributed by atoms with Crippen LogP contribution in [0.1, 0.15) is 11.1 Å². The largest absolute Gasteiger partial charge is 0.483 e. The van der Waals surface area contributed by atoms with Gasteiger partial charge in [0.15, 0.2) is 6.61 Å². The maximum Gasteiger partial charge on any atom is 0.293 e. The molecule has 1 aliphatic heterocycles. The van der Waals surface area contributed by atoms with Gasteiger partial charge in [0.2, 0.25) is 0 Å². The summed E-state index contributed by atoms with van der Waals surface area (Å²) < 4.78 is 6.62. The minimum atomic E-state index is -0.357. The van der Waals surface area contributed by atoms with E-state index in [4.69, 9.17) is 4.74 Å². The van der Waals surface area contributed by atoms with Crippen molar-refractivity contribution in [1.82, 2.24) is 4.90 Å². The summed E-state index contributed by atoms with van der Waals surface area (Å²) in [5.74, 6) is -0.212. The van der Waals surface area contributed by atoms with Crippen molar-refractivity contribution in [2.45, 2.75) is 6.54 Å². The van der Waals surface area contributed by atoms with Crippen LogP contribution >= 0.6 is 27.7 Å². The number of hydrogen-bond acceptors (Lipinski definition) is 5. The third-order valence-corrected chi connectivity index (χ3v) is 6.19. The Balaban J connectivity index is 1.44. The lowest BCUT2D eigenvalue weighted by atomic mass is 10.1. The number of amides is 3.